The zero-order chi connectivity index (χ0) is 41.8. The highest BCUT2D eigenvalue weighted by atomic mass is 31.3. The van der Waals surface area contributed by atoms with Gasteiger partial charge < -0.3 is 47.1 Å². The van der Waals surface area contributed by atoms with E-state index in [0.29, 0.717) is 0 Å². The molecule has 3 fully saturated rings. The summed E-state index contributed by atoms with van der Waals surface area (Å²) < 4.78 is 72.0. The Balaban J connectivity index is 1.54. The second-order valence-corrected chi connectivity index (χ2v) is 22.8. The highest BCUT2D eigenvalue weighted by Gasteiger charge is 2.63. The van der Waals surface area contributed by atoms with E-state index in [9.17, 15) is 33.4 Å². The lowest BCUT2D eigenvalue weighted by Crippen LogP contribution is -2.68. The normalized spacial score (nSPS) is 29.2. The Morgan fingerprint density at radius 3 is 2.27 bits per heavy atom. The summed E-state index contributed by atoms with van der Waals surface area (Å²) in [5.41, 5.74) is -1.67. The smallest absolute Gasteiger partial charge is 0.349 e. The molecule has 2 N–H and O–H groups in total. The van der Waals surface area contributed by atoms with E-state index < -0.39 is 110 Å². The number of phosphoric ester groups is 1. The Morgan fingerprint density at radius 1 is 1.05 bits per heavy atom. The van der Waals surface area contributed by atoms with E-state index in [4.69, 9.17) is 50.9 Å². The van der Waals surface area contributed by atoms with E-state index in [1.54, 1.807) is 0 Å². The average Bonchev–Trinajstić information content (AvgIpc) is 3.36. The van der Waals surface area contributed by atoms with Crippen LogP contribution in [0.25, 0.3) is 0 Å². The molecule has 0 radical (unpaired) electrons. The number of nitrogens with one attached hydrogen (secondary N) is 2. The molecule has 10 unspecified atom stereocenters. The van der Waals surface area contributed by atoms with E-state index >= 15 is 0 Å². The van der Waals surface area contributed by atoms with Crippen LogP contribution in [0.3, 0.4) is 0 Å². The van der Waals surface area contributed by atoms with Crippen molar-refractivity contribution in [3.05, 3.63) is 33.1 Å². The molecule has 0 saturated carbocycles. The molecule has 0 aliphatic carbocycles. The maximum Gasteiger partial charge on any atom is 0.349 e. The fourth-order valence-electron chi connectivity index (χ4n) is 6.94. The summed E-state index contributed by atoms with van der Waals surface area (Å²) in [4.78, 5) is 76.3. The predicted octanol–water partition coefficient (Wildman–Crippen LogP) is 2.05. The third-order valence-electron chi connectivity index (χ3n) is 8.84. The Kier molecular flexibility index (Phi) is 15.0. The highest BCUT2D eigenvalue weighted by molar-refractivity contribution is 7.57. The van der Waals surface area contributed by atoms with Crippen molar-refractivity contribution in [1.29, 1.82) is 5.26 Å². The summed E-state index contributed by atoms with van der Waals surface area (Å²) in [5.74, 6) is -2.16. The molecule has 1 aromatic heterocycles. The van der Waals surface area contributed by atoms with Gasteiger partial charge in [-0.2, -0.15) is 5.26 Å². The van der Waals surface area contributed by atoms with Gasteiger partial charge in [-0.15, -0.1) is 0 Å². The molecule has 4 rings (SSSR count). The Morgan fingerprint density at radius 2 is 1.70 bits per heavy atom. The number of H-pyrrole nitrogens is 1. The zero-order valence-electron chi connectivity index (χ0n) is 32.5. The molecule has 3 aliphatic heterocycles. The van der Waals surface area contributed by atoms with E-state index in [0.717, 1.165) is 30.7 Å². The molecule has 0 bridgehead atoms. The summed E-state index contributed by atoms with van der Waals surface area (Å²) in [7, 11) is -11.3. The SMILES string of the molecule is CC(=O)NC1CC2O[Si](C(C)(C)C)(C(C)(C)C)OCC2OC1OP(=O)([O-])OP(OCCC#N)OCC1OC(n2ccc(=O)[nH]c2=O)C(OC(C)=O)C1OC(C)=O. The molecule has 21 nitrogen and oxygen atoms in total. The Labute approximate surface area is 325 Å². The quantitative estimate of drug-likeness (QED) is 0.117. The van der Waals surface area contributed by atoms with Crippen LogP contribution in [0.1, 0.15) is 81.4 Å². The standard InChI is InChI=1S/C32H50N4O17P2Si/c1-18(37)34-21-15-22-23(17-46-56(52-22,31(4,5)6)32(7,8)9)50-29(21)51-55(42,43)53-54(44-14-10-12-33)45-16-24-26(47-19(2)38)27(48-20(3)39)28(49-24)36-13-11-25(40)35-30(36)41/h11,13,21-24,26-29H,10,14-17H2,1-9H3,(H,34,37)(H,42,43)(H,35,40,41)/p-1. The molecule has 0 spiro atoms. The van der Waals surface area contributed by atoms with Gasteiger partial charge >= 0.3 is 34.8 Å². The van der Waals surface area contributed by atoms with E-state index in [1.807, 2.05) is 52.6 Å². The van der Waals surface area contributed by atoms with Gasteiger partial charge in [-0.05, 0) is 0 Å². The number of phosphoric acid groups is 1. The largest absolute Gasteiger partial charge is 0.756 e. The van der Waals surface area contributed by atoms with Gasteiger partial charge in [0.25, 0.3) is 13.4 Å². The summed E-state index contributed by atoms with van der Waals surface area (Å²) in [5, 5.41) is 11.0. The van der Waals surface area contributed by atoms with Crippen LogP contribution in [0.2, 0.25) is 10.1 Å². The first-order chi connectivity index (χ1) is 26.0. The minimum Gasteiger partial charge on any atom is -0.756 e. The van der Waals surface area contributed by atoms with Gasteiger partial charge in [-0.25, -0.2) is 9.11 Å². The van der Waals surface area contributed by atoms with Crippen molar-refractivity contribution in [2.45, 2.75) is 134 Å². The van der Waals surface area contributed by atoms with Crippen LogP contribution in [-0.2, 0) is 64.6 Å². The monoisotopic (exact) mass is 851 g/mol. The number of nitrogens with zero attached hydrogens (tertiary/aromatic N) is 2. The summed E-state index contributed by atoms with van der Waals surface area (Å²) >= 11 is 0. The number of ether oxygens (including phenoxy) is 4. The number of carbonyl (C=O) groups is 3. The number of amides is 1. The average molecular weight is 852 g/mol. The third-order valence-corrected chi connectivity index (χ3v) is 16.5. The van der Waals surface area contributed by atoms with Crippen molar-refractivity contribution < 1.29 is 69.5 Å². The maximum atomic E-state index is 13.5. The second kappa shape index (κ2) is 18.3. The minimum atomic E-state index is -5.45. The van der Waals surface area contributed by atoms with Crippen molar-refractivity contribution in [3.8, 4) is 6.07 Å². The van der Waals surface area contributed by atoms with Crippen molar-refractivity contribution >= 4 is 42.8 Å². The molecule has 1 amide bonds. The van der Waals surface area contributed by atoms with Crippen molar-refractivity contribution in [1.82, 2.24) is 14.9 Å². The molecular formula is C32H49N4O17P2Si-. The summed E-state index contributed by atoms with van der Waals surface area (Å²) in [6.07, 6.45) is -7.63. The molecule has 4 heterocycles. The van der Waals surface area contributed by atoms with Crippen LogP contribution in [0.5, 0.6) is 0 Å². The number of fused-ring (bicyclic) bond motifs is 1. The topological polar surface area (TPSA) is 274 Å². The fraction of sp³-hybridized carbons (Fsp3) is 0.750. The summed E-state index contributed by atoms with van der Waals surface area (Å²) in [6.45, 7) is 14.7. The molecule has 3 aliphatic rings. The van der Waals surface area contributed by atoms with Gasteiger partial charge in [0.15, 0.2) is 24.7 Å². The van der Waals surface area contributed by atoms with Gasteiger partial charge in [0, 0.05) is 49.5 Å². The van der Waals surface area contributed by atoms with Gasteiger partial charge in [0.2, 0.25) is 5.91 Å². The lowest BCUT2D eigenvalue weighted by atomic mass is 10.0. The van der Waals surface area contributed by atoms with E-state index in [1.165, 1.54) is 6.92 Å². The van der Waals surface area contributed by atoms with Gasteiger partial charge in [0.1, 0.15) is 12.2 Å². The van der Waals surface area contributed by atoms with Gasteiger partial charge in [-0.3, -0.25) is 37.8 Å². The second-order valence-electron chi connectivity index (χ2n) is 15.3. The lowest BCUT2D eigenvalue weighted by Gasteiger charge is -2.56. The summed E-state index contributed by atoms with van der Waals surface area (Å²) in [6, 6.07) is 1.83. The van der Waals surface area contributed by atoms with Crippen LogP contribution in [0.4, 0.5) is 0 Å². The maximum absolute atomic E-state index is 13.5. The number of rotatable bonds is 14. The number of carbonyl (C=O) groups excluding carboxylic acids is 3. The van der Waals surface area contributed by atoms with Gasteiger partial charge in [-0.1, -0.05) is 41.5 Å². The molecule has 56 heavy (non-hydrogen) atoms. The van der Waals surface area contributed by atoms with Crippen LogP contribution in [0.15, 0.2) is 21.9 Å². The van der Waals surface area contributed by atoms with Crippen LogP contribution in [-0.4, -0.2) is 98.6 Å². The lowest BCUT2D eigenvalue weighted by molar-refractivity contribution is -0.269. The first-order valence-corrected chi connectivity index (χ1v) is 22.0. The number of hydrogen-bond acceptors (Lipinski definition) is 18. The molecule has 0 aromatic carbocycles. The van der Waals surface area contributed by atoms with Crippen LogP contribution in [0, 0.1) is 11.3 Å². The zero-order valence-corrected chi connectivity index (χ0v) is 35.3. The fourth-order valence-corrected chi connectivity index (χ4v) is 14.1. The number of nitriles is 1. The minimum absolute atomic E-state index is 0.0700. The number of esters is 2. The molecule has 24 heteroatoms. The molecule has 3 saturated heterocycles. The van der Waals surface area contributed by atoms with Crippen LogP contribution >= 0.6 is 16.4 Å². The Bertz CT molecular complexity index is 1780. The first kappa shape index (κ1) is 45.8. The first-order valence-electron chi connectivity index (χ1n) is 17.6. The van der Waals surface area contributed by atoms with Crippen molar-refractivity contribution in [3.63, 3.8) is 0 Å². The Hall–Kier alpha value is -2.90. The third kappa shape index (κ3) is 11.2. The van der Waals surface area contributed by atoms with Crippen molar-refractivity contribution in [2.24, 2.45) is 0 Å². The molecule has 10 atom stereocenters. The molecule has 1 aromatic rings. The highest BCUT2D eigenvalue weighted by Crippen LogP contribution is 2.58. The van der Waals surface area contributed by atoms with Gasteiger partial charge in [0.05, 0.1) is 44.5 Å². The van der Waals surface area contributed by atoms with Crippen molar-refractivity contribution in [2.75, 3.05) is 19.8 Å². The van der Waals surface area contributed by atoms with E-state index in [-0.39, 0.29) is 36.1 Å². The molecule has 314 valence electrons. The number of hydrogen-bond donors (Lipinski definition) is 2. The number of aromatic amines is 1. The van der Waals surface area contributed by atoms with E-state index in [2.05, 4.69) is 5.32 Å². The predicted molar refractivity (Wildman–Crippen MR) is 192 cm³/mol. The van der Waals surface area contributed by atoms with Crippen LogP contribution < -0.4 is 21.5 Å². The number of aromatic nitrogens is 2. The molecular weight excluding hydrogens is 802 g/mol.